The van der Waals surface area contributed by atoms with Crippen molar-refractivity contribution in [2.75, 3.05) is 70.9 Å². The Hall–Kier alpha value is -0.340. The second kappa shape index (κ2) is 20.4. The van der Waals surface area contributed by atoms with Crippen molar-refractivity contribution < 1.29 is 25.2 Å². The Kier molecular flexibility index (Phi) is 20.1. The monoisotopic (exact) mass is 409 g/mol. The fourth-order valence-electron chi connectivity index (χ4n) is 1.87. The number of hydrogen-bond donors (Lipinski definition) is 1. The molecule has 0 rings (SSSR count). The maximum atomic E-state index is 11.6. The highest BCUT2D eigenvalue weighted by molar-refractivity contribution is 7.99. The number of nitrogens with one attached hydrogen (secondary N) is 1. The number of rotatable bonds is 20. The molecule has 0 aliphatic heterocycles. The molecule has 0 spiro atoms. The molecule has 0 aliphatic carbocycles. The van der Waals surface area contributed by atoms with Crippen LogP contribution in [0.15, 0.2) is 0 Å². The largest absolute Gasteiger partial charge is 0.379 e. The molecule has 0 fully saturated rings. The molecule has 1 unspecified atom stereocenters. The number of hydrogen-bond acceptors (Lipinski definition) is 6. The summed E-state index contributed by atoms with van der Waals surface area (Å²) in [5, 5.41) is 2.86. The van der Waals surface area contributed by atoms with Crippen molar-refractivity contribution in [3.05, 3.63) is 0 Å². The SMILES string of the molecule is CCC(C)CSCC(=O)NCCOCCOCCOCCOCCC(C)C.[HH]. The highest BCUT2D eigenvalue weighted by Crippen LogP contribution is 2.10. The van der Waals surface area contributed by atoms with Gasteiger partial charge in [0.15, 0.2) is 0 Å². The molecular formula is C20H43NO5S. The third-order valence-corrected chi connectivity index (χ3v) is 5.13. The lowest BCUT2D eigenvalue weighted by atomic mass is 10.1. The molecule has 6 nitrogen and oxygen atoms in total. The molecule has 1 amide bonds. The zero-order chi connectivity index (χ0) is 20.2. The number of ether oxygens (including phenoxy) is 4. The van der Waals surface area contributed by atoms with Gasteiger partial charge in [-0.25, -0.2) is 0 Å². The van der Waals surface area contributed by atoms with Gasteiger partial charge in [0, 0.05) is 14.6 Å². The van der Waals surface area contributed by atoms with Crippen LogP contribution >= 0.6 is 11.8 Å². The zero-order valence-corrected chi connectivity index (χ0v) is 18.6. The van der Waals surface area contributed by atoms with E-state index in [2.05, 4.69) is 33.0 Å². The summed E-state index contributed by atoms with van der Waals surface area (Å²) in [6, 6.07) is 0. The van der Waals surface area contributed by atoms with E-state index in [0.717, 1.165) is 25.2 Å². The molecule has 0 aromatic heterocycles. The quantitative estimate of drug-likeness (QED) is 0.311. The molecule has 0 bridgehead atoms. The molecule has 164 valence electrons. The summed E-state index contributed by atoms with van der Waals surface area (Å²) >= 11 is 1.69. The van der Waals surface area contributed by atoms with Gasteiger partial charge in [-0.05, 0) is 24.0 Å². The molecule has 0 aromatic rings. The molecule has 0 aromatic carbocycles. The number of amides is 1. The predicted octanol–water partition coefficient (Wildman–Crippen LogP) is 3.24. The van der Waals surface area contributed by atoms with Gasteiger partial charge in [0.05, 0.1) is 52.0 Å². The minimum absolute atomic E-state index is 0. The lowest BCUT2D eigenvalue weighted by molar-refractivity contribution is -0.118. The topological polar surface area (TPSA) is 66.0 Å². The summed E-state index contributed by atoms with van der Waals surface area (Å²) in [4.78, 5) is 11.6. The number of carbonyl (C=O) groups is 1. The Morgan fingerprint density at radius 1 is 0.889 bits per heavy atom. The Morgan fingerprint density at radius 2 is 1.41 bits per heavy atom. The molecule has 0 heterocycles. The van der Waals surface area contributed by atoms with Gasteiger partial charge in [0.1, 0.15) is 0 Å². The van der Waals surface area contributed by atoms with E-state index in [1.165, 1.54) is 0 Å². The molecular weight excluding hydrogens is 366 g/mol. The molecule has 7 heteroatoms. The van der Waals surface area contributed by atoms with Crippen molar-refractivity contribution >= 4 is 17.7 Å². The van der Waals surface area contributed by atoms with E-state index in [1.807, 2.05) is 0 Å². The molecule has 27 heavy (non-hydrogen) atoms. The first-order valence-corrected chi connectivity index (χ1v) is 11.4. The van der Waals surface area contributed by atoms with Crippen LogP contribution in [-0.2, 0) is 23.7 Å². The fourth-order valence-corrected chi connectivity index (χ4v) is 2.91. The summed E-state index contributed by atoms with van der Waals surface area (Å²) in [5.74, 6) is 2.98. The smallest absolute Gasteiger partial charge is 0.230 e. The Morgan fingerprint density at radius 3 is 1.93 bits per heavy atom. The molecule has 1 atom stereocenters. The van der Waals surface area contributed by atoms with Crippen molar-refractivity contribution in [3.63, 3.8) is 0 Å². The number of carbonyl (C=O) groups excluding carboxylic acids is 1. The van der Waals surface area contributed by atoms with E-state index in [0.29, 0.717) is 70.4 Å². The highest BCUT2D eigenvalue weighted by Gasteiger charge is 2.03. The molecule has 0 aliphatic rings. The van der Waals surface area contributed by atoms with E-state index in [1.54, 1.807) is 11.8 Å². The predicted molar refractivity (Wildman–Crippen MR) is 115 cm³/mol. The van der Waals surface area contributed by atoms with E-state index in [9.17, 15) is 4.79 Å². The third kappa shape index (κ3) is 21.8. The van der Waals surface area contributed by atoms with Crippen LogP contribution in [0, 0.1) is 11.8 Å². The summed E-state index contributed by atoms with van der Waals surface area (Å²) in [6.07, 6.45) is 2.24. The van der Waals surface area contributed by atoms with Crippen LogP contribution in [0.3, 0.4) is 0 Å². The zero-order valence-electron chi connectivity index (χ0n) is 17.8. The first-order valence-electron chi connectivity index (χ1n) is 10.2. The Bertz CT molecular complexity index is 338. The van der Waals surface area contributed by atoms with Crippen LogP contribution < -0.4 is 5.32 Å². The van der Waals surface area contributed by atoms with Crippen LogP contribution in [0.4, 0.5) is 0 Å². The van der Waals surface area contributed by atoms with Crippen molar-refractivity contribution in [2.45, 2.75) is 40.5 Å². The lowest BCUT2D eigenvalue weighted by Crippen LogP contribution is -2.29. The van der Waals surface area contributed by atoms with E-state index < -0.39 is 0 Å². The van der Waals surface area contributed by atoms with Gasteiger partial charge in [-0.2, -0.15) is 11.8 Å². The fraction of sp³-hybridized carbons (Fsp3) is 0.950. The van der Waals surface area contributed by atoms with E-state index >= 15 is 0 Å². The minimum Gasteiger partial charge on any atom is -0.379 e. The van der Waals surface area contributed by atoms with Gasteiger partial charge in [0.2, 0.25) is 5.91 Å². The molecule has 1 N–H and O–H groups in total. The first-order chi connectivity index (χ1) is 13.1. The van der Waals surface area contributed by atoms with Gasteiger partial charge in [0.25, 0.3) is 0 Å². The standard InChI is InChI=1S/C20H41NO5S.H2/c1-5-19(4)16-27-17-20(22)21-7-9-24-11-13-26-15-14-25-12-10-23-8-6-18(2)3;/h18-19H,5-17H2,1-4H3,(H,21,22);1H. The van der Waals surface area contributed by atoms with Crippen molar-refractivity contribution in [3.8, 4) is 0 Å². The van der Waals surface area contributed by atoms with Crippen LogP contribution in [-0.4, -0.2) is 76.8 Å². The summed E-state index contributed by atoms with van der Waals surface area (Å²) < 4.78 is 21.7. The molecule has 0 saturated carbocycles. The second-order valence-corrected chi connectivity index (χ2v) is 8.04. The molecule has 0 saturated heterocycles. The van der Waals surface area contributed by atoms with Gasteiger partial charge in [-0.15, -0.1) is 0 Å². The minimum atomic E-state index is 0. The Labute approximate surface area is 171 Å². The first kappa shape index (κ1) is 26.7. The second-order valence-electron chi connectivity index (χ2n) is 7.01. The molecule has 0 radical (unpaired) electrons. The number of thioether (sulfide) groups is 1. The average molecular weight is 410 g/mol. The summed E-state index contributed by atoms with van der Waals surface area (Å²) in [7, 11) is 0. The lowest BCUT2D eigenvalue weighted by Gasteiger charge is -2.09. The van der Waals surface area contributed by atoms with Crippen molar-refractivity contribution in [2.24, 2.45) is 11.8 Å². The van der Waals surface area contributed by atoms with Crippen molar-refractivity contribution in [1.29, 1.82) is 0 Å². The maximum absolute atomic E-state index is 11.6. The van der Waals surface area contributed by atoms with Gasteiger partial charge < -0.3 is 24.3 Å². The van der Waals surface area contributed by atoms with E-state index in [4.69, 9.17) is 18.9 Å². The van der Waals surface area contributed by atoms with Gasteiger partial charge >= 0.3 is 0 Å². The van der Waals surface area contributed by atoms with Crippen LogP contribution in [0.25, 0.3) is 0 Å². The maximum Gasteiger partial charge on any atom is 0.230 e. The van der Waals surface area contributed by atoms with Crippen LogP contribution in [0.5, 0.6) is 0 Å². The van der Waals surface area contributed by atoms with Gasteiger partial charge in [-0.3, -0.25) is 4.79 Å². The van der Waals surface area contributed by atoms with Gasteiger partial charge in [-0.1, -0.05) is 34.1 Å². The normalized spacial score (nSPS) is 12.5. The summed E-state index contributed by atoms with van der Waals surface area (Å²) in [5.41, 5.74) is 0. The Balaban J connectivity index is 0. The van der Waals surface area contributed by atoms with Crippen LogP contribution in [0.1, 0.15) is 42.0 Å². The van der Waals surface area contributed by atoms with E-state index in [-0.39, 0.29) is 7.33 Å². The average Bonchev–Trinajstić information content (AvgIpc) is 2.64. The van der Waals surface area contributed by atoms with Crippen LogP contribution in [0.2, 0.25) is 0 Å². The highest BCUT2D eigenvalue weighted by atomic mass is 32.2. The third-order valence-electron chi connectivity index (χ3n) is 3.86. The van der Waals surface area contributed by atoms with Crippen molar-refractivity contribution in [1.82, 2.24) is 5.32 Å². The summed E-state index contributed by atoms with van der Waals surface area (Å²) in [6.45, 7) is 14.0.